The summed E-state index contributed by atoms with van der Waals surface area (Å²) in [6, 6.07) is 20.1. The van der Waals surface area contributed by atoms with Crippen molar-refractivity contribution in [2.75, 3.05) is 12.9 Å². The molecule has 2 N–H and O–H groups in total. The fourth-order valence-electron chi connectivity index (χ4n) is 1.84. The van der Waals surface area contributed by atoms with Crippen molar-refractivity contribution in [3.8, 4) is 0 Å². The van der Waals surface area contributed by atoms with E-state index in [4.69, 9.17) is 10.2 Å². The minimum Gasteiger partial charge on any atom is -0.478 e. The molecule has 0 atom stereocenters. The number of carbonyl (C=O) groups is 1. The van der Waals surface area contributed by atoms with Crippen molar-refractivity contribution in [2.45, 2.75) is 5.25 Å². The first-order chi connectivity index (χ1) is 9.77. The molecule has 0 unspecified atom stereocenters. The number of carboxylic acid groups (broad SMARTS) is 1. The van der Waals surface area contributed by atoms with Crippen molar-refractivity contribution in [1.29, 1.82) is 0 Å². The van der Waals surface area contributed by atoms with Crippen molar-refractivity contribution >= 4 is 17.7 Å². The maximum atomic E-state index is 10.8. The predicted octanol–water partition coefficient (Wildman–Crippen LogP) is 2.28. The Morgan fingerprint density at radius 3 is 1.70 bits per heavy atom. The molecule has 0 amide bonds. The summed E-state index contributed by atoms with van der Waals surface area (Å²) in [7, 11) is 1.00. The van der Waals surface area contributed by atoms with Gasteiger partial charge in [0.05, 0.1) is 0 Å². The number of carboxylic acids is 1. The van der Waals surface area contributed by atoms with E-state index in [1.165, 1.54) is 0 Å². The third-order valence-corrected chi connectivity index (χ3v) is 4.05. The molecule has 0 fully saturated rings. The number of hydrogen-bond acceptors (Lipinski definition) is 2. The lowest BCUT2D eigenvalue weighted by Crippen LogP contribution is -2.12. The largest absolute Gasteiger partial charge is 0.478 e. The number of aliphatic hydroxyl groups excluding tert-OH is 1. The molecule has 2 aromatic rings. The second kappa shape index (κ2) is 9.18. The summed E-state index contributed by atoms with van der Waals surface area (Å²) < 4.78 is 0. The summed E-state index contributed by atoms with van der Waals surface area (Å²) in [5.74, 6) is -0.595. The fourth-order valence-corrected chi connectivity index (χ4v) is 2.95. The Morgan fingerprint density at radius 2 is 1.35 bits per heavy atom. The van der Waals surface area contributed by atoms with Crippen LogP contribution in [0, 0.1) is 0 Å². The van der Waals surface area contributed by atoms with Crippen molar-refractivity contribution < 1.29 is 15.0 Å². The van der Waals surface area contributed by atoms with E-state index < -0.39 is 5.97 Å². The van der Waals surface area contributed by atoms with Crippen LogP contribution in [-0.4, -0.2) is 29.0 Å². The van der Waals surface area contributed by atoms with Gasteiger partial charge in [0.1, 0.15) is 0 Å². The summed E-state index contributed by atoms with van der Waals surface area (Å²) in [6.45, 7) is 0. The molecule has 0 spiro atoms. The average Bonchev–Trinajstić information content (AvgIpc) is 2.51. The molecule has 0 saturated heterocycles. The van der Waals surface area contributed by atoms with Gasteiger partial charge in [0, 0.05) is 18.2 Å². The molecule has 106 valence electrons. The second-order valence-electron chi connectivity index (χ2n) is 3.96. The van der Waals surface area contributed by atoms with E-state index in [2.05, 4.69) is 0 Å². The van der Waals surface area contributed by atoms with E-state index in [0.29, 0.717) is 0 Å². The third-order valence-electron chi connectivity index (χ3n) is 2.64. The molecule has 0 aromatic heterocycles. The number of aliphatic hydroxyl groups is 1. The number of thiol groups is 1. The lowest BCUT2D eigenvalue weighted by atomic mass is 10.0. The molecule has 4 heteroatoms. The van der Waals surface area contributed by atoms with Gasteiger partial charge in [-0.1, -0.05) is 60.7 Å². The Labute approximate surface area is 123 Å². The highest BCUT2D eigenvalue weighted by atomic mass is 32.2. The second-order valence-corrected chi connectivity index (χ2v) is 5.16. The van der Waals surface area contributed by atoms with Crippen molar-refractivity contribution in [3.63, 3.8) is 0 Å². The van der Waals surface area contributed by atoms with Gasteiger partial charge in [-0.15, -0.1) is 0 Å². The predicted molar refractivity (Wildman–Crippen MR) is 84.1 cm³/mol. The summed E-state index contributed by atoms with van der Waals surface area (Å²) in [6.07, 6.45) is 0. The lowest BCUT2D eigenvalue weighted by Gasteiger charge is -2.10. The summed E-state index contributed by atoms with van der Waals surface area (Å²) in [4.78, 5) is 10.8. The van der Waals surface area contributed by atoms with Crippen LogP contribution >= 0.6 is 0 Å². The average molecular weight is 291 g/mol. The topological polar surface area (TPSA) is 57.5 Å². The SMILES string of the molecule is CO.O=C(O)C[SH+]C(c1ccccc1)c1ccccc1. The number of benzene rings is 2. The highest BCUT2D eigenvalue weighted by molar-refractivity contribution is 7.79. The highest BCUT2D eigenvalue weighted by Crippen LogP contribution is 2.25. The van der Waals surface area contributed by atoms with Crippen LogP contribution in [0.3, 0.4) is 0 Å². The van der Waals surface area contributed by atoms with Crippen molar-refractivity contribution in [1.82, 2.24) is 0 Å². The van der Waals surface area contributed by atoms with E-state index in [1.807, 2.05) is 60.7 Å². The molecule has 20 heavy (non-hydrogen) atoms. The van der Waals surface area contributed by atoms with E-state index >= 15 is 0 Å². The van der Waals surface area contributed by atoms with Crippen LogP contribution < -0.4 is 0 Å². The highest BCUT2D eigenvalue weighted by Gasteiger charge is 2.22. The molecule has 2 aromatic carbocycles. The molecule has 0 aliphatic heterocycles. The summed E-state index contributed by atoms with van der Waals surface area (Å²) in [5, 5.41) is 16.0. The van der Waals surface area contributed by atoms with Crippen LogP contribution in [0.5, 0.6) is 0 Å². The van der Waals surface area contributed by atoms with Crippen LogP contribution in [-0.2, 0) is 16.6 Å². The van der Waals surface area contributed by atoms with Gasteiger partial charge < -0.3 is 10.2 Å². The Kier molecular flexibility index (Phi) is 7.47. The minimum absolute atomic E-state index is 0.128. The first-order valence-electron chi connectivity index (χ1n) is 6.20. The quantitative estimate of drug-likeness (QED) is 0.656. The Balaban J connectivity index is 0.000000956. The van der Waals surface area contributed by atoms with Gasteiger partial charge in [0.15, 0.2) is 5.25 Å². The van der Waals surface area contributed by atoms with E-state index in [1.54, 1.807) is 0 Å². The van der Waals surface area contributed by atoms with Crippen molar-refractivity contribution in [2.24, 2.45) is 0 Å². The standard InChI is InChI=1S/C15H14O2S.CH4O/c16-14(17)11-18-15(12-7-3-1-4-8-12)13-9-5-2-6-10-13;1-2/h1-10,15H,11H2,(H,16,17);2H,1H3/p+1. The maximum absolute atomic E-state index is 10.8. The van der Waals surface area contributed by atoms with Gasteiger partial charge in [-0.05, 0) is 11.8 Å². The molecule has 0 bridgehead atoms. The van der Waals surface area contributed by atoms with Gasteiger partial charge in [-0.3, -0.25) is 0 Å². The summed E-state index contributed by atoms with van der Waals surface area (Å²) in [5.41, 5.74) is 2.32. The molecule has 0 saturated carbocycles. The zero-order valence-corrected chi connectivity index (χ0v) is 12.2. The molecule has 2 rings (SSSR count). The smallest absolute Gasteiger partial charge is 0.353 e. The van der Waals surface area contributed by atoms with Crippen molar-refractivity contribution in [3.05, 3.63) is 71.8 Å². The van der Waals surface area contributed by atoms with Crippen LogP contribution in [0.25, 0.3) is 0 Å². The van der Waals surface area contributed by atoms with Crippen LogP contribution in [0.1, 0.15) is 16.4 Å². The molecule has 3 nitrogen and oxygen atoms in total. The zero-order chi connectivity index (χ0) is 14.8. The molecule has 0 aliphatic carbocycles. The lowest BCUT2D eigenvalue weighted by molar-refractivity contribution is -0.133. The maximum Gasteiger partial charge on any atom is 0.353 e. The van der Waals surface area contributed by atoms with Gasteiger partial charge in [0.25, 0.3) is 0 Å². The van der Waals surface area contributed by atoms with Crippen LogP contribution in [0.2, 0.25) is 0 Å². The molecule has 0 aliphatic rings. The minimum atomic E-state index is -0.756. The zero-order valence-electron chi connectivity index (χ0n) is 11.3. The van der Waals surface area contributed by atoms with Gasteiger partial charge >= 0.3 is 5.97 Å². The molecular formula is C16H19O3S+. The first kappa shape index (κ1) is 16.3. The number of rotatable bonds is 5. The Morgan fingerprint density at radius 1 is 0.950 bits per heavy atom. The van der Waals surface area contributed by atoms with Gasteiger partial charge in [-0.25, -0.2) is 4.79 Å². The van der Waals surface area contributed by atoms with Crippen LogP contribution in [0.4, 0.5) is 0 Å². The molecule has 0 radical (unpaired) electrons. The van der Waals surface area contributed by atoms with Crippen LogP contribution in [0.15, 0.2) is 60.7 Å². The summed E-state index contributed by atoms with van der Waals surface area (Å²) >= 11 is 0.898. The van der Waals surface area contributed by atoms with E-state index in [0.717, 1.165) is 30.0 Å². The van der Waals surface area contributed by atoms with E-state index in [-0.39, 0.29) is 11.0 Å². The van der Waals surface area contributed by atoms with Gasteiger partial charge in [-0.2, -0.15) is 0 Å². The monoisotopic (exact) mass is 291 g/mol. The Bertz CT molecular complexity index is 460. The first-order valence-corrected chi connectivity index (χ1v) is 7.35. The van der Waals surface area contributed by atoms with E-state index in [9.17, 15) is 4.79 Å². The normalized spacial score (nSPS) is 9.75. The molecule has 0 heterocycles. The fraction of sp³-hybridized carbons (Fsp3) is 0.188. The number of aliphatic carboxylic acids is 1. The molecular weight excluding hydrogens is 272 g/mol. The van der Waals surface area contributed by atoms with Gasteiger partial charge in [0.2, 0.25) is 5.75 Å². The third kappa shape index (κ3) is 5.07. The number of hydrogen-bond donors (Lipinski definition) is 2. The Hall–Kier alpha value is -1.78.